The molecular formula is C18H22F3N7. The summed E-state index contributed by atoms with van der Waals surface area (Å²) >= 11 is 0. The normalized spacial score (nSPS) is 22.3. The summed E-state index contributed by atoms with van der Waals surface area (Å²) in [6, 6.07) is 3.03. The van der Waals surface area contributed by atoms with Gasteiger partial charge in [-0.2, -0.15) is 18.2 Å². The first-order chi connectivity index (χ1) is 13.3. The maximum Gasteiger partial charge on any atom is 0.433 e. The van der Waals surface area contributed by atoms with Gasteiger partial charge in [-0.25, -0.2) is 15.0 Å². The maximum atomic E-state index is 13.0. The van der Waals surface area contributed by atoms with Gasteiger partial charge in [-0.3, -0.25) is 0 Å². The second kappa shape index (κ2) is 7.06. The Balaban J connectivity index is 1.57. The minimum absolute atomic E-state index is 0.149. The first kappa shape index (κ1) is 18.7. The molecule has 0 saturated carbocycles. The number of anilines is 3. The lowest BCUT2D eigenvalue weighted by Crippen LogP contribution is -2.49. The van der Waals surface area contributed by atoms with Crippen molar-refractivity contribution in [1.29, 1.82) is 0 Å². The molecular weight excluding hydrogens is 371 g/mol. The van der Waals surface area contributed by atoms with E-state index >= 15 is 0 Å². The van der Waals surface area contributed by atoms with Crippen LogP contribution in [0.2, 0.25) is 0 Å². The van der Waals surface area contributed by atoms with E-state index in [0.29, 0.717) is 30.8 Å². The highest BCUT2D eigenvalue weighted by Crippen LogP contribution is 2.36. The molecule has 2 atom stereocenters. The molecule has 2 saturated heterocycles. The molecule has 2 fully saturated rings. The second-order valence-corrected chi connectivity index (χ2v) is 7.41. The third-order valence-corrected chi connectivity index (χ3v) is 5.47. The molecule has 2 aliphatic rings. The van der Waals surface area contributed by atoms with Gasteiger partial charge in [-0.05, 0) is 24.8 Å². The number of piperidine rings is 1. The van der Waals surface area contributed by atoms with Crippen molar-refractivity contribution in [2.75, 3.05) is 48.4 Å². The van der Waals surface area contributed by atoms with E-state index in [9.17, 15) is 13.2 Å². The zero-order valence-electron chi connectivity index (χ0n) is 15.8. The Morgan fingerprint density at radius 1 is 1.11 bits per heavy atom. The monoisotopic (exact) mass is 393 g/mol. The van der Waals surface area contributed by atoms with Gasteiger partial charge < -0.3 is 14.7 Å². The van der Waals surface area contributed by atoms with E-state index in [-0.39, 0.29) is 6.04 Å². The van der Waals surface area contributed by atoms with Crippen LogP contribution >= 0.6 is 0 Å². The second-order valence-electron chi connectivity index (χ2n) is 7.41. The number of hydrogen-bond donors (Lipinski definition) is 0. The lowest BCUT2D eigenvalue weighted by Gasteiger charge is -2.39. The van der Waals surface area contributed by atoms with Crippen molar-refractivity contribution in [3.05, 3.63) is 30.4 Å². The summed E-state index contributed by atoms with van der Waals surface area (Å²) in [7, 11) is 3.85. The maximum absolute atomic E-state index is 13.0. The van der Waals surface area contributed by atoms with Gasteiger partial charge in [0.05, 0.1) is 6.04 Å². The largest absolute Gasteiger partial charge is 0.433 e. The summed E-state index contributed by atoms with van der Waals surface area (Å²) in [5.41, 5.74) is -0.912. The zero-order valence-corrected chi connectivity index (χ0v) is 15.8. The molecule has 28 heavy (non-hydrogen) atoms. The van der Waals surface area contributed by atoms with Crippen LogP contribution in [0, 0.1) is 5.92 Å². The van der Waals surface area contributed by atoms with Crippen molar-refractivity contribution in [3.8, 4) is 0 Å². The molecule has 2 aliphatic heterocycles. The van der Waals surface area contributed by atoms with Crippen molar-refractivity contribution in [2.45, 2.75) is 25.1 Å². The molecule has 0 spiro atoms. The van der Waals surface area contributed by atoms with Gasteiger partial charge >= 0.3 is 6.18 Å². The third kappa shape index (κ3) is 3.55. The van der Waals surface area contributed by atoms with Crippen molar-refractivity contribution < 1.29 is 13.2 Å². The van der Waals surface area contributed by atoms with E-state index in [0.717, 1.165) is 37.6 Å². The third-order valence-electron chi connectivity index (χ3n) is 5.47. The van der Waals surface area contributed by atoms with Gasteiger partial charge in [0.2, 0.25) is 5.95 Å². The highest BCUT2D eigenvalue weighted by atomic mass is 19.4. The topological polar surface area (TPSA) is 61.3 Å². The molecule has 2 unspecified atom stereocenters. The molecule has 7 nitrogen and oxygen atoms in total. The number of aromatic nitrogens is 4. The average molecular weight is 393 g/mol. The van der Waals surface area contributed by atoms with E-state index in [1.165, 1.54) is 0 Å². The minimum Gasteiger partial charge on any atom is -0.363 e. The van der Waals surface area contributed by atoms with Crippen LogP contribution < -0.4 is 14.7 Å². The van der Waals surface area contributed by atoms with Crippen LogP contribution in [0.15, 0.2) is 24.7 Å². The summed E-state index contributed by atoms with van der Waals surface area (Å²) in [5.74, 6) is 2.29. The predicted octanol–water partition coefficient (Wildman–Crippen LogP) is 2.46. The fourth-order valence-corrected chi connectivity index (χ4v) is 4.00. The standard InChI is InChI=1S/C18H22F3N7/c1-26(2)15-3-6-22-17(25-15)28-8-5-12-4-7-27(10-13(12)28)16-9-14(18(19,20)21)23-11-24-16/h3,6,9,11-13H,4-5,7-8,10H2,1-2H3. The van der Waals surface area contributed by atoms with E-state index in [4.69, 9.17) is 0 Å². The first-order valence-electron chi connectivity index (χ1n) is 9.24. The Bertz CT molecular complexity index is 842. The number of rotatable bonds is 3. The molecule has 150 valence electrons. The van der Waals surface area contributed by atoms with Gasteiger partial charge in [0.1, 0.15) is 23.7 Å². The van der Waals surface area contributed by atoms with Gasteiger partial charge in [0.15, 0.2) is 0 Å². The van der Waals surface area contributed by atoms with Crippen LogP contribution in [0.1, 0.15) is 18.5 Å². The SMILES string of the molecule is CN(C)c1ccnc(N2CCC3CCN(c4cc(C(F)(F)F)ncn4)CC32)n1. The molecule has 0 bridgehead atoms. The molecule has 0 aromatic carbocycles. The molecule has 2 aromatic rings. The molecule has 4 heterocycles. The number of halogens is 3. The number of alkyl halides is 3. The fraction of sp³-hybridized carbons (Fsp3) is 0.556. The Morgan fingerprint density at radius 2 is 1.89 bits per heavy atom. The number of fused-ring (bicyclic) bond motifs is 1. The average Bonchev–Trinajstić information content (AvgIpc) is 3.11. The van der Waals surface area contributed by atoms with Gasteiger partial charge in [-0.1, -0.05) is 0 Å². The van der Waals surface area contributed by atoms with Crippen molar-refractivity contribution in [1.82, 2.24) is 19.9 Å². The smallest absolute Gasteiger partial charge is 0.363 e. The van der Waals surface area contributed by atoms with Gasteiger partial charge in [-0.15, -0.1) is 0 Å². The molecule has 10 heteroatoms. The number of hydrogen-bond acceptors (Lipinski definition) is 7. The molecule has 2 aromatic heterocycles. The molecule has 0 N–H and O–H groups in total. The van der Waals surface area contributed by atoms with E-state index in [1.54, 1.807) is 6.20 Å². The van der Waals surface area contributed by atoms with E-state index in [1.807, 2.05) is 30.0 Å². The van der Waals surface area contributed by atoms with E-state index < -0.39 is 11.9 Å². The van der Waals surface area contributed by atoms with Crippen LogP contribution in [0.5, 0.6) is 0 Å². The molecule has 0 amide bonds. The zero-order chi connectivity index (χ0) is 19.9. The Kier molecular flexibility index (Phi) is 4.72. The van der Waals surface area contributed by atoms with Crippen molar-refractivity contribution >= 4 is 17.6 Å². The van der Waals surface area contributed by atoms with Crippen LogP contribution in [-0.2, 0) is 6.18 Å². The minimum atomic E-state index is -4.48. The van der Waals surface area contributed by atoms with Gasteiger partial charge in [0.25, 0.3) is 0 Å². The van der Waals surface area contributed by atoms with E-state index in [2.05, 4.69) is 24.8 Å². The van der Waals surface area contributed by atoms with Gasteiger partial charge in [0, 0.05) is 46.0 Å². The van der Waals surface area contributed by atoms with Crippen LogP contribution in [0.25, 0.3) is 0 Å². The molecule has 0 aliphatic carbocycles. The predicted molar refractivity (Wildman–Crippen MR) is 99.5 cm³/mol. The Hall–Kier alpha value is -2.65. The van der Waals surface area contributed by atoms with Crippen LogP contribution in [-0.4, -0.2) is 59.7 Å². The quantitative estimate of drug-likeness (QED) is 0.794. The highest BCUT2D eigenvalue weighted by Gasteiger charge is 2.40. The summed E-state index contributed by atoms with van der Waals surface area (Å²) in [5, 5.41) is 0. The molecule has 0 radical (unpaired) electrons. The number of nitrogens with zero attached hydrogens (tertiary/aromatic N) is 7. The summed E-state index contributed by atoms with van der Waals surface area (Å²) in [6.07, 6.45) is 0.188. The molecule has 4 rings (SSSR count). The van der Waals surface area contributed by atoms with Crippen molar-refractivity contribution in [3.63, 3.8) is 0 Å². The van der Waals surface area contributed by atoms with Crippen molar-refractivity contribution in [2.24, 2.45) is 5.92 Å². The van der Waals surface area contributed by atoms with Crippen LogP contribution in [0.3, 0.4) is 0 Å². The Labute approximate surface area is 161 Å². The summed E-state index contributed by atoms with van der Waals surface area (Å²) in [4.78, 5) is 22.5. The Morgan fingerprint density at radius 3 is 2.64 bits per heavy atom. The lowest BCUT2D eigenvalue weighted by molar-refractivity contribution is -0.141. The fourth-order valence-electron chi connectivity index (χ4n) is 4.00. The highest BCUT2D eigenvalue weighted by molar-refractivity contribution is 5.46. The summed E-state index contributed by atoms with van der Waals surface area (Å²) in [6.45, 7) is 2.12. The lowest BCUT2D eigenvalue weighted by atomic mass is 9.92. The van der Waals surface area contributed by atoms with Crippen LogP contribution in [0.4, 0.5) is 30.8 Å². The first-order valence-corrected chi connectivity index (χ1v) is 9.24. The summed E-state index contributed by atoms with van der Waals surface area (Å²) < 4.78 is 39.0.